The van der Waals surface area contributed by atoms with Crippen LogP contribution in [0.4, 0.5) is 0 Å². The van der Waals surface area contributed by atoms with Crippen LogP contribution in [0, 0.1) is 0 Å². The van der Waals surface area contributed by atoms with Crippen LogP contribution in [0.5, 0.6) is 11.5 Å². The monoisotopic (exact) mass is 293 g/mol. The van der Waals surface area contributed by atoms with Gasteiger partial charge in [0.05, 0.1) is 0 Å². The third-order valence-electron chi connectivity index (χ3n) is 3.44. The minimum absolute atomic E-state index is 0.126. The van der Waals surface area contributed by atoms with E-state index in [1.54, 1.807) is 0 Å². The fourth-order valence-electron chi connectivity index (χ4n) is 2.50. The molecule has 0 unspecified atom stereocenters. The lowest BCUT2D eigenvalue weighted by Gasteiger charge is -2.18. The molecule has 0 saturated carbocycles. The van der Waals surface area contributed by atoms with Gasteiger partial charge in [0.2, 0.25) is 0 Å². The normalized spacial score (nSPS) is 15.6. The molecule has 1 aliphatic rings. The van der Waals surface area contributed by atoms with E-state index in [-0.39, 0.29) is 5.60 Å². The van der Waals surface area contributed by atoms with Crippen LogP contribution in [0.15, 0.2) is 18.2 Å². The molecule has 2 rings (SSSR count). The maximum Gasteiger partial charge on any atom is 0.165 e. The average Bonchev–Trinajstić information content (AvgIpc) is 2.76. The number of rotatable bonds is 9. The molecule has 0 spiro atoms. The molecule has 0 amide bonds. The predicted octanol–water partition coefficient (Wildman–Crippen LogP) is 2.80. The van der Waals surface area contributed by atoms with Gasteiger partial charge in [0.15, 0.2) is 11.5 Å². The van der Waals surface area contributed by atoms with Crippen molar-refractivity contribution in [2.45, 2.75) is 39.2 Å². The Morgan fingerprint density at radius 2 is 2.10 bits per heavy atom. The molecule has 1 heterocycles. The van der Waals surface area contributed by atoms with E-state index in [2.05, 4.69) is 25.2 Å². The molecule has 0 bridgehead atoms. The second-order valence-corrected chi connectivity index (χ2v) is 5.93. The summed E-state index contributed by atoms with van der Waals surface area (Å²) < 4.78 is 17.1. The predicted molar refractivity (Wildman–Crippen MR) is 84.3 cm³/mol. The van der Waals surface area contributed by atoms with E-state index in [9.17, 15) is 0 Å². The van der Waals surface area contributed by atoms with Crippen molar-refractivity contribution in [3.8, 4) is 11.5 Å². The van der Waals surface area contributed by atoms with Crippen LogP contribution in [-0.4, -0.2) is 38.5 Å². The van der Waals surface area contributed by atoms with Gasteiger partial charge in [-0.2, -0.15) is 0 Å². The molecule has 1 aromatic rings. The second kappa shape index (κ2) is 7.66. The highest BCUT2D eigenvalue weighted by atomic mass is 16.5. The molecule has 118 valence electrons. The van der Waals surface area contributed by atoms with Gasteiger partial charge in [0.1, 0.15) is 12.2 Å². The van der Waals surface area contributed by atoms with E-state index in [1.165, 1.54) is 5.56 Å². The lowest BCUT2D eigenvalue weighted by atomic mass is 10.0. The van der Waals surface area contributed by atoms with Gasteiger partial charge in [-0.25, -0.2) is 0 Å². The summed E-state index contributed by atoms with van der Waals surface area (Å²) in [5.74, 6) is 1.77. The van der Waals surface area contributed by atoms with Gasteiger partial charge in [-0.1, -0.05) is 12.1 Å². The van der Waals surface area contributed by atoms with Gasteiger partial charge in [-0.3, -0.25) is 0 Å². The Bertz CT molecular complexity index is 446. The lowest BCUT2D eigenvalue weighted by molar-refractivity contribution is 0.132. The highest BCUT2D eigenvalue weighted by Gasteiger charge is 2.32. The zero-order valence-electron chi connectivity index (χ0n) is 13.4. The van der Waals surface area contributed by atoms with Gasteiger partial charge in [0.25, 0.3) is 0 Å². The summed E-state index contributed by atoms with van der Waals surface area (Å²) >= 11 is 0. The largest absolute Gasteiger partial charge is 0.488 e. The molecule has 1 aromatic carbocycles. The molecule has 0 aliphatic carbocycles. The van der Waals surface area contributed by atoms with Gasteiger partial charge in [-0.15, -0.1) is 0 Å². The molecule has 0 atom stereocenters. The van der Waals surface area contributed by atoms with E-state index in [1.807, 2.05) is 19.1 Å². The van der Waals surface area contributed by atoms with E-state index in [4.69, 9.17) is 14.2 Å². The molecule has 0 aromatic heterocycles. The van der Waals surface area contributed by atoms with E-state index in [0.717, 1.165) is 50.6 Å². The molecule has 21 heavy (non-hydrogen) atoms. The van der Waals surface area contributed by atoms with Crippen molar-refractivity contribution in [3.05, 3.63) is 23.8 Å². The van der Waals surface area contributed by atoms with Crippen molar-refractivity contribution < 1.29 is 14.2 Å². The van der Waals surface area contributed by atoms with Gasteiger partial charge >= 0.3 is 0 Å². The Morgan fingerprint density at radius 1 is 1.24 bits per heavy atom. The van der Waals surface area contributed by atoms with Crippen LogP contribution < -0.4 is 14.8 Å². The van der Waals surface area contributed by atoms with Crippen LogP contribution in [0.3, 0.4) is 0 Å². The van der Waals surface area contributed by atoms with E-state index >= 15 is 0 Å². The zero-order valence-corrected chi connectivity index (χ0v) is 13.4. The minimum Gasteiger partial charge on any atom is -0.488 e. The Morgan fingerprint density at radius 3 is 2.90 bits per heavy atom. The Labute approximate surface area is 127 Å². The molecule has 0 saturated heterocycles. The summed E-state index contributed by atoms with van der Waals surface area (Å²) in [7, 11) is 0. The molecule has 4 nitrogen and oxygen atoms in total. The summed E-state index contributed by atoms with van der Waals surface area (Å²) in [5.41, 5.74) is 1.11. The summed E-state index contributed by atoms with van der Waals surface area (Å²) in [6, 6.07) is 6.13. The third kappa shape index (κ3) is 4.90. The van der Waals surface area contributed by atoms with Gasteiger partial charge < -0.3 is 19.5 Å². The first kappa shape index (κ1) is 16.1. The number of hydrogen-bond donors (Lipinski definition) is 1. The molecular formula is C17H27NO3. The minimum atomic E-state index is -0.126. The lowest BCUT2D eigenvalue weighted by Crippen LogP contribution is -2.25. The van der Waals surface area contributed by atoms with Crippen molar-refractivity contribution in [1.82, 2.24) is 5.32 Å². The summed E-state index contributed by atoms with van der Waals surface area (Å²) in [6.07, 6.45) is 1.97. The van der Waals surface area contributed by atoms with Crippen molar-refractivity contribution >= 4 is 0 Å². The fourth-order valence-corrected chi connectivity index (χ4v) is 2.50. The Hall–Kier alpha value is -1.26. The maximum atomic E-state index is 5.99. The topological polar surface area (TPSA) is 39.7 Å². The number of para-hydroxylation sites is 1. The van der Waals surface area contributed by atoms with Crippen molar-refractivity contribution in [2.75, 3.05) is 32.9 Å². The number of fused-ring (bicyclic) bond motifs is 1. The molecule has 1 N–H and O–H groups in total. The van der Waals surface area contributed by atoms with Crippen LogP contribution in [0.2, 0.25) is 0 Å². The number of hydrogen-bond acceptors (Lipinski definition) is 4. The summed E-state index contributed by atoms with van der Waals surface area (Å²) in [5, 5.41) is 3.35. The highest BCUT2D eigenvalue weighted by molar-refractivity contribution is 5.50. The molecular weight excluding hydrogens is 266 g/mol. The SMILES string of the molecule is CCOCCCNCCOc1cccc2c1OC(C)(C)C2. The first-order valence-corrected chi connectivity index (χ1v) is 7.84. The second-order valence-electron chi connectivity index (χ2n) is 5.93. The summed E-state index contributed by atoms with van der Waals surface area (Å²) in [4.78, 5) is 0. The Kier molecular flexibility index (Phi) is 5.88. The summed E-state index contributed by atoms with van der Waals surface area (Å²) in [6.45, 7) is 10.3. The highest BCUT2D eigenvalue weighted by Crippen LogP contribution is 2.41. The molecule has 0 fully saturated rings. The van der Waals surface area contributed by atoms with Crippen LogP contribution in [0.25, 0.3) is 0 Å². The number of ether oxygens (including phenoxy) is 3. The van der Waals surface area contributed by atoms with Crippen molar-refractivity contribution in [2.24, 2.45) is 0 Å². The van der Waals surface area contributed by atoms with Crippen LogP contribution in [-0.2, 0) is 11.2 Å². The third-order valence-corrected chi connectivity index (χ3v) is 3.44. The van der Waals surface area contributed by atoms with E-state index < -0.39 is 0 Å². The van der Waals surface area contributed by atoms with Gasteiger partial charge in [-0.05, 0) is 39.8 Å². The number of benzene rings is 1. The molecule has 4 heteroatoms. The molecule has 1 aliphatic heterocycles. The fraction of sp³-hybridized carbons (Fsp3) is 0.647. The van der Waals surface area contributed by atoms with Crippen molar-refractivity contribution in [1.29, 1.82) is 0 Å². The van der Waals surface area contributed by atoms with Crippen LogP contribution in [0.1, 0.15) is 32.8 Å². The maximum absolute atomic E-state index is 5.99. The molecule has 0 radical (unpaired) electrons. The first-order chi connectivity index (χ1) is 10.1. The Balaban J connectivity index is 1.70. The quantitative estimate of drug-likeness (QED) is 0.711. The van der Waals surface area contributed by atoms with Crippen LogP contribution >= 0.6 is 0 Å². The zero-order chi connectivity index (χ0) is 15.1. The van der Waals surface area contributed by atoms with Crippen molar-refractivity contribution in [3.63, 3.8) is 0 Å². The van der Waals surface area contributed by atoms with E-state index in [0.29, 0.717) is 6.61 Å². The standard InChI is InChI=1S/C17H27NO3/c1-4-19-11-6-9-18-10-12-20-15-8-5-7-14-13-17(2,3)21-16(14)15/h5,7-8,18H,4,6,9-13H2,1-3H3. The smallest absolute Gasteiger partial charge is 0.165 e. The first-order valence-electron chi connectivity index (χ1n) is 7.84. The van der Waals surface area contributed by atoms with Gasteiger partial charge in [0, 0.05) is 31.7 Å². The number of nitrogens with one attached hydrogen (secondary N) is 1. The average molecular weight is 293 g/mol.